The number of furan rings is 1. The maximum atomic E-state index is 6.50. The molecule has 0 fully saturated rings. The van der Waals surface area contributed by atoms with E-state index in [1.807, 2.05) is 32.0 Å². The van der Waals surface area contributed by atoms with Crippen LogP contribution >= 0.6 is 11.6 Å². The highest BCUT2D eigenvalue weighted by Crippen LogP contribution is 2.33. The van der Waals surface area contributed by atoms with Crippen LogP contribution in [0.1, 0.15) is 33.6 Å². The summed E-state index contributed by atoms with van der Waals surface area (Å²) in [4.78, 5) is 0. The van der Waals surface area contributed by atoms with Crippen molar-refractivity contribution in [1.82, 2.24) is 0 Å². The number of hydrogen-bond donors (Lipinski definition) is 0. The zero-order valence-corrected chi connectivity index (χ0v) is 11.2. The molecule has 90 valence electrons. The fraction of sp³-hybridized carbons (Fsp3) is 0.333. The van der Waals surface area contributed by atoms with Crippen LogP contribution in [-0.2, 0) is 6.42 Å². The second-order valence-corrected chi connectivity index (χ2v) is 4.94. The largest absolute Gasteiger partial charge is 0.466 e. The highest BCUT2D eigenvalue weighted by molar-refractivity contribution is 6.21. The van der Waals surface area contributed by atoms with Crippen LogP contribution < -0.4 is 0 Å². The van der Waals surface area contributed by atoms with Gasteiger partial charge in [-0.2, -0.15) is 0 Å². The van der Waals surface area contributed by atoms with E-state index in [-0.39, 0.29) is 5.38 Å². The van der Waals surface area contributed by atoms with Gasteiger partial charge in [-0.1, -0.05) is 30.3 Å². The van der Waals surface area contributed by atoms with Crippen LogP contribution in [0, 0.1) is 20.8 Å². The van der Waals surface area contributed by atoms with Gasteiger partial charge in [0.05, 0.1) is 5.38 Å². The maximum absolute atomic E-state index is 6.50. The van der Waals surface area contributed by atoms with Crippen LogP contribution in [0.3, 0.4) is 0 Å². The summed E-state index contributed by atoms with van der Waals surface area (Å²) < 4.78 is 5.62. The van der Waals surface area contributed by atoms with Gasteiger partial charge in [0, 0.05) is 5.56 Å². The van der Waals surface area contributed by atoms with Crippen molar-refractivity contribution in [3.05, 3.63) is 58.5 Å². The molecule has 0 aliphatic rings. The minimum atomic E-state index is -0.0187. The lowest BCUT2D eigenvalue weighted by Gasteiger charge is -2.10. The van der Waals surface area contributed by atoms with E-state index in [1.165, 1.54) is 11.1 Å². The number of alkyl halides is 1. The molecular formula is C15H17ClO. The molecule has 1 unspecified atom stereocenters. The second kappa shape index (κ2) is 4.97. The van der Waals surface area contributed by atoms with Gasteiger partial charge in [-0.3, -0.25) is 0 Å². The molecule has 0 aliphatic carbocycles. The first-order valence-corrected chi connectivity index (χ1v) is 6.27. The Kier molecular flexibility index (Phi) is 3.58. The molecule has 2 aromatic rings. The molecule has 1 heterocycles. The van der Waals surface area contributed by atoms with Crippen molar-refractivity contribution in [3.63, 3.8) is 0 Å². The van der Waals surface area contributed by atoms with Gasteiger partial charge in [-0.15, -0.1) is 11.6 Å². The summed E-state index contributed by atoms with van der Waals surface area (Å²) in [6, 6.07) is 10.3. The summed E-state index contributed by atoms with van der Waals surface area (Å²) in [6.45, 7) is 6.04. The number of rotatable bonds is 3. The quantitative estimate of drug-likeness (QED) is 0.716. The molecule has 0 amide bonds. The molecular weight excluding hydrogens is 232 g/mol. The minimum Gasteiger partial charge on any atom is -0.466 e. The first kappa shape index (κ1) is 12.3. The Hall–Kier alpha value is -1.21. The molecule has 0 aliphatic heterocycles. The van der Waals surface area contributed by atoms with Gasteiger partial charge in [0.1, 0.15) is 11.5 Å². The van der Waals surface area contributed by atoms with Crippen LogP contribution in [-0.4, -0.2) is 0 Å². The van der Waals surface area contributed by atoms with Crippen molar-refractivity contribution >= 4 is 11.6 Å². The highest BCUT2D eigenvalue weighted by Gasteiger charge is 2.19. The van der Waals surface area contributed by atoms with Gasteiger partial charge in [0.25, 0.3) is 0 Å². The molecule has 1 nitrogen and oxygen atoms in total. The second-order valence-electron chi connectivity index (χ2n) is 4.41. The average Bonchev–Trinajstić information content (AvgIpc) is 2.54. The summed E-state index contributed by atoms with van der Waals surface area (Å²) in [5.74, 6) is 1.91. The van der Waals surface area contributed by atoms with Crippen molar-refractivity contribution in [3.8, 4) is 0 Å². The Morgan fingerprint density at radius 1 is 1.06 bits per heavy atom. The van der Waals surface area contributed by atoms with Gasteiger partial charge >= 0.3 is 0 Å². The van der Waals surface area contributed by atoms with Crippen LogP contribution in [0.15, 0.2) is 34.7 Å². The standard InChI is InChI=1S/C15H17ClO/c1-10-11(2)17-12(3)15(10)14(16)9-13-7-5-4-6-8-13/h4-8,14H,9H2,1-3H3. The van der Waals surface area contributed by atoms with Gasteiger partial charge in [-0.05, 0) is 38.3 Å². The zero-order valence-electron chi connectivity index (χ0n) is 10.5. The third-order valence-electron chi connectivity index (χ3n) is 3.19. The van der Waals surface area contributed by atoms with Crippen molar-refractivity contribution in [1.29, 1.82) is 0 Å². The number of benzene rings is 1. The third-order valence-corrected chi connectivity index (χ3v) is 3.56. The fourth-order valence-corrected chi connectivity index (χ4v) is 2.69. The minimum absolute atomic E-state index is 0.0187. The number of hydrogen-bond acceptors (Lipinski definition) is 1. The molecule has 2 rings (SSSR count). The van der Waals surface area contributed by atoms with Gasteiger partial charge in [0.15, 0.2) is 0 Å². The van der Waals surface area contributed by atoms with Gasteiger partial charge in [-0.25, -0.2) is 0 Å². The summed E-state index contributed by atoms with van der Waals surface area (Å²) in [5.41, 5.74) is 3.58. The summed E-state index contributed by atoms with van der Waals surface area (Å²) in [6.07, 6.45) is 0.836. The Morgan fingerprint density at radius 3 is 2.24 bits per heavy atom. The van der Waals surface area contributed by atoms with E-state index in [2.05, 4.69) is 19.1 Å². The van der Waals surface area contributed by atoms with Crippen molar-refractivity contribution in [2.75, 3.05) is 0 Å². The lowest BCUT2D eigenvalue weighted by molar-refractivity contribution is 0.499. The molecule has 0 N–H and O–H groups in total. The van der Waals surface area contributed by atoms with E-state index in [0.717, 1.165) is 23.5 Å². The lowest BCUT2D eigenvalue weighted by Crippen LogP contribution is -1.98. The zero-order chi connectivity index (χ0) is 12.4. The predicted molar refractivity (Wildman–Crippen MR) is 71.7 cm³/mol. The first-order valence-electron chi connectivity index (χ1n) is 5.84. The van der Waals surface area contributed by atoms with Crippen molar-refractivity contribution in [2.24, 2.45) is 0 Å². The average molecular weight is 249 g/mol. The molecule has 1 aromatic carbocycles. The molecule has 2 heteroatoms. The predicted octanol–water partition coefficient (Wildman–Crippen LogP) is 4.73. The molecule has 0 saturated carbocycles. The molecule has 0 spiro atoms. The Morgan fingerprint density at radius 2 is 1.71 bits per heavy atom. The summed E-state index contributed by atoms with van der Waals surface area (Å²) in [7, 11) is 0. The van der Waals surface area contributed by atoms with Crippen LogP contribution in [0.5, 0.6) is 0 Å². The summed E-state index contributed by atoms with van der Waals surface area (Å²) >= 11 is 6.50. The molecule has 0 saturated heterocycles. The van der Waals surface area contributed by atoms with E-state index in [9.17, 15) is 0 Å². The number of halogens is 1. The van der Waals surface area contributed by atoms with E-state index in [4.69, 9.17) is 16.0 Å². The molecule has 1 atom stereocenters. The topological polar surface area (TPSA) is 13.1 Å². The molecule has 0 bridgehead atoms. The Bertz CT molecular complexity index is 499. The van der Waals surface area contributed by atoms with Crippen LogP contribution in [0.4, 0.5) is 0 Å². The van der Waals surface area contributed by atoms with Crippen LogP contribution in [0.25, 0.3) is 0 Å². The molecule has 17 heavy (non-hydrogen) atoms. The lowest BCUT2D eigenvalue weighted by atomic mass is 10.0. The normalized spacial score (nSPS) is 12.7. The fourth-order valence-electron chi connectivity index (χ4n) is 2.19. The Balaban J connectivity index is 2.23. The third kappa shape index (κ3) is 2.55. The summed E-state index contributed by atoms with van der Waals surface area (Å²) in [5, 5.41) is -0.0187. The van der Waals surface area contributed by atoms with E-state index in [1.54, 1.807) is 0 Å². The van der Waals surface area contributed by atoms with Gasteiger partial charge < -0.3 is 4.42 Å². The maximum Gasteiger partial charge on any atom is 0.106 e. The highest BCUT2D eigenvalue weighted by atomic mass is 35.5. The van der Waals surface area contributed by atoms with Crippen LogP contribution in [0.2, 0.25) is 0 Å². The van der Waals surface area contributed by atoms with Crippen molar-refractivity contribution in [2.45, 2.75) is 32.6 Å². The smallest absolute Gasteiger partial charge is 0.106 e. The first-order chi connectivity index (χ1) is 8.09. The molecule has 0 radical (unpaired) electrons. The monoisotopic (exact) mass is 248 g/mol. The van der Waals surface area contributed by atoms with E-state index < -0.39 is 0 Å². The van der Waals surface area contributed by atoms with Gasteiger partial charge in [0.2, 0.25) is 0 Å². The SMILES string of the molecule is Cc1oc(C)c(C(Cl)Cc2ccccc2)c1C. The Labute approximate surface area is 107 Å². The van der Waals surface area contributed by atoms with Crippen molar-refractivity contribution < 1.29 is 4.42 Å². The molecule has 1 aromatic heterocycles. The van der Waals surface area contributed by atoms with E-state index in [0.29, 0.717) is 0 Å². The number of aryl methyl sites for hydroxylation is 2. The van der Waals surface area contributed by atoms with E-state index >= 15 is 0 Å².